The molecule has 10 nitrogen and oxygen atoms in total. The number of pyridine rings is 1. The lowest BCUT2D eigenvalue weighted by Crippen LogP contribution is -2.42. The van der Waals surface area contributed by atoms with Crippen molar-refractivity contribution in [2.75, 3.05) is 29.1 Å². The molecule has 1 N–H and O–H groups in total. The quantitative estimate of drug-likeness (QED) is 0.542. The maximum Gasteiger partial charge on any atom is 0.335 e. The van der Waals surface area contributed by atoms with Crippen molar-refractivity contribution in [3.63, 3.8) is 0 Å². The number of aryl methyl sites for hydroxylation is 1. The average Bonchev–Trinajstić information content (AvgIpc) is 3.33. The molecule has 170 valence electrons. The Morgan fingerprint density at radius 3 is 2.59 bits per heavy atom. The van der Waals surface area contributed by atoms with Crippen LogP contribution >= 0.6 is 0 Å². The van der Waals surface area contributed by atoms with E-state index in [1.165, 1.54) is 24.3 Å². The fraction of sp³-hybridized carbons (Fsp3) is 0.429. The van der Waals surface area contributed by atoms with E-state index in [4.69, 9.17) is 5.11 Å². The van der Waals surface area contributed by atoms with E-state index in [0.717, 1.165) is 30.0 Å². The van der Waals surface area contributed by atoms with Gasteiger partial charge in [0.25, 0.3) is 0 Å². The molecule has 0 radical (unpaired) electrons. The smallest absolute Gasteiger partial charge is 0.335 e. The van der Waals surface area contributed by atoms with Gasteiger partial charge in [-0.25, -0.2) is 13.2 Å². The molecule has 1 aromatic carbocycles. The number of fused-ring (bicyclic) bond motifs is 2. The monoisotopic (exact) mass is 458 g/mol. The van der Waals surface area contributed by atoms with E-state index in [1.807, 2.05) is 20.0 Å². The number of rotatable bonds is 8. The lowest BCUT2D eigenvalue weighted by molar-refractivity contribution is 0.0696. The highest BCUT2D eigenvalue weighted by molar-refractivity contribution is 7.91. The van der Waals surface area contributed by atoms with E-state index in [-0.39, 0.29) is 22.4 Å². The molecule has 0 saturated heterocycles. The van der Waals surface area contributed by atoms with Crippen LogP contribution in [0.3, 0.4) is 0 Å². The summed E-state index contributed by atoms with van der Waals surface area (Å²) < 4.78 is 27.3. The number of hydrogen-bond donors (Lipinski definition) is 1. The van der Waals surface area contributed by atoms with Crippen LogP contribution in [0.4, 0.5) is 11.4 Å². The van der Waals surface area contributed by atoms with Crippen LogP contribution in [0.5, 0.6) is 0 Å². The van der Waals surface area contributed by atoms with Gasteiger partial charge < -0.3 is 14.9 Å². The maximum absolute atomic E-state index is 12.8. The number of nitrogens with zero attached hydrogens (tertiary/aromatic N) is 6. The van der Waals surface area contributed by atoms with Gasteiger partial charge in [-0.1, -0.05) is 6.92 Å². The first-order valence-corrected chi connectivity index (χ1v) is 12.2. The van der Waals surface area contributed by atoms with E-state index in [2.05, 4.69) is 32.2 Å². The molecule has 1 unspecified atom stereocenters. The van der Waals surface area contributed by atoms with Gasteiger partial charge in [0, 0.05) is 19.7 Å². The summed E-state index contributed by atoms with van der Waals surface area (Å²) in [5, 5.41) is 20.9. The number of carboxylic acid groups (broad SMARTS) is 1. The largest absolute Gasteiger partial charge is 0.478 e. The highest BCUT2D eigenvalue weighted by Gasteiger charge is 2.35. The minimum atomic E-state index is -3.50. The lowest BCUT2D eigenvalue weighted by atomic mass is 10.2. The fourth-order valence-electron chi connectivity index (χ4n) is 4.41. The first-order valence-electron chi connectivity index (χ1n) is 10.5. The number of anilines is 2. The summed E-state index contributed by atoms with van der Waals surface area (Å²) in [4.78, 5) is 15.6. The Labute approximate surface area is 186 Å². The molecule has 0 saturated carbocycles. The zero-order valence-electron chi connectivity index (χ0n) is 18.3. The minimum Gasteiger partial charge on any atom is -0.478 e. The molecule has 32 heavy (non-hydrogen) atoms. The molecular formula is C21H26N6O4S. The van der Waals surface area contributed by atoms with Crippen LogP contribution in [0.25, 0.3) is 5.65 Å². The van der Waals surface area contributed by atoms with E-state index in [0.29, 0.717) is 18.5 Å². The molecule has 3 heterocycles. The van der Waals surface area contributed by atoms with E-state index in [1.54, 1.807) is 4.52 Å². The number of carboxylic acids is 1. The van der Waals surface area contributed by atoms with Crippen molar-refractivity contribution in [1.82, 2.24) is 20.0 Å². The molecule has 0 fully saturated rings. The molecular weight excluding hydrogens is 432 g/mol. The summed E-state index contributed by atoms with van der Waals surface area (Å²) in [6.07, 6.45) is 2.11. The Kier molecular flexibility index (Phi) is 5.76. The number of hydrogen-bond acceptors (Lipinski definition) is 8. The third kappa shape index (κ3) is 3.77. The number of aromatic nitrogens is 4. The van der Waals surface area contributed by atoms with Crippen molar-refractivity contribution in [2.24, 2.45) is 0 Å². The van der Waals surface area contributed by atoms with Crippen LogP contribution in [0.1, 0.15) is 42.2 Å². The summed E-state index contributed by atoms with van der Waals surface area (Å²) in [5.41, 5.74) is 3.81. The van der Waals surface area contributed by atoms with Crippen molar-refractivity contribution in [1.29, 1.82) is 0 Å². The van der Waals surface area contributed by atoms with Crippen LogP contribution < -0.4 is 9.80 Å². The second-order valence-electron chi connectivity index (χ2n) is 7.99. The highest BCUT2D eigenvalue weighted by atomic mass is 32.2. The molecule has 3 aromatic rings. The molecule has 4 rings (SSSR count). The molecule has 1 aliphatic heterocycles. The highest BCUT2D eigenvalue weighted by Crippen LogP contribution is 2.42. The van der Waals surface area contributed by atoms with E-state index in [9.17, 15) is 13.2 Å². The second kappa shape index (κ2) is 8.38. The van der Waals surface area contributed by atoms with Crippen molar-refractivity contribution < 1.29 is 18.3 Å². The van der Waals surface area contributed by atoms with Crippen LogP contribution in [0.2, 0.25) is 0 Å². The fourth-order valence-corrected chi connectivity index (χ4v) is 5.74. The first-order chi connectivity index (χ1) is 15.2. The Balaban J connectivity index is 1.52. The summed E-state index contributed by atoms with van der Waals surface area (Å²) in [6.45, 7) is 4.93. The predicted octanol–water partition coefficient (Wildman–Crippen LogP) is 2.38. The molecule has 0 bridgehead atoms. The van der Waals surface area contributed by atoms with Crippen molar-refractivity contribution in [3.05, 3.63) is 41.6 Å². The minimum absolute atomic E-state index is 0.00610. The van der Waals surface area contributed by atoms with Gasteiger partial charge in [0.1, 0.15) is 6.17 Å². The van der Waals surface area contributed by atoms with Crippen molar-refractivity contribution in [3.8, 4) is 0 Å². The topological polar surface area (TPSA) is 121 Å². The van der Waals surface area contributed by atoms with Crippen molar-refractivity contribution in [2.45, 2.75) is 44.2 Å². The standard InChI is InChI=1S/C21H26N6O4S/c1-4-11-26-17-13-18-22-23-24-27(18)14(2)20(17)25(3)19(26)6-5-12-32(30,31)16-9-7-15(8-10-16)21(28)29/h7-10,13,19H,4-6,11-12H2,1-3H3,(H,28,29). The zero-order valence-corrected chi connectivity index (χ0v) is 19.1. The van der Waals surface area contributed by atoms with Crippen LogP contribution in [-0.4, -0.2) is 65.0 Å². The molecule has 11 heteroatoms. The predicted molar refractivity (Wildman–Crippen MR) is 120 cm³/mol. The van der Waals surface area contributed by atoms with Gasteiger partial charge in [0.05, 0.1) is 33.3 Å². The number of carbonyl (C=O) groups is 1. The number of tetrazole rings is 1. The third-order valence-corrected chi connectivity index (χ3v) is 7.75. The Bertz CT molecular complexity index is 1260. The van der Waals surface area contributed by atoms with Gasteiger partial charge in [-0.3, -0.25) is 0 Å². The van der Waals surface area contributed by atoms with Crippen LogP contribution in [0, 0.1) is 6.92 Å². The number of aromatic carboxylic acids is 1. The Morgan fingerprint density at radius 1 is 1.22 bits per heavy atom. The summed E-state index contributed by atoms with van der Waals surface area (Å²) in [5.74, 6) is -1.09. The molecule has 1 aliphatic rings. The van der Waals surface area contributed by atoms with Gasteiger partial charge in [0.2, 0.25) is 0 Å². The Hall–Kier alpha value is -3.21. The molecule has 2 aromatic heterocycles. The molecule has 0 aliphatic carbocycles. The maximum atomic E-state index is 12.8. The SMILES string of the molecule is CCCN1c2cc3nnnn3c(C)c2N(C)C1CCCS(=O)(=O)c1ccc(C(=O)O)cc1. The van der Waals surface area contributed by atoms with E-state index >= 15 is 0 Å². The Morgan fingerprint density at radius 2 is 1.94 bits per heavy atom. The van der Waals surface area contributed by atoms with Crippen LogP contribution in [-0.2, 0) is 9.84 Å². The number of sulfone groups is 1. The molecule has 0 amide bonds. The summed E-state index contributed by atoms with van der Waals surface area (Å²) in [7, 11) is -1.49. The van der Waals surface area contributed by atoms with Gasteiger partial charge >= 0.3 is 5.97 Å². The van der Waals surface area contributed by atoms with Gasteiger partial charge in [-0.15, -0.1) is 5.10 Å². The van der Waals surface area contributed by atoms with Crippen LogP contribution in [0.15, 0.2) is 35.2 Å². The summed E-state index contributed by atoms with van der Waals surface area (Å²) in [6, 6.07) is 7.35. The average molecular weight is 459 g/mol. The summed E-state index contributed by atoms with van der Waals surface area (Å²) >= 11 is 0. The van der Waals surface area contributed by atoms with Gasteiger partial charge in [-0.05, 0) is 60.9 Å². The lowest BCUT2D eigenvalue weighted by Gasteiger charge is -2.30. The second-order valence-corrected chi connectivity index (χ2v) is 10.1. The zero-order chi connectivity index (χ0) is 23.0. The third-order valence-electron chi connectivity index (χ3n) is 5.93. The first kappa shape index (κ1) is 22.0. The van der Waals surface area contributed by atoms with Crippen molar-refractivity contribution >= 4 is 32.8 Å². The number of benzene rings is 1. The van der Waals surface area contributed by atoms with E-state index < -0.39 is 15.8 Å². The van der Waals surface area contributed by atoms with Gasteiger partial charge in [0.15, 0.2) is 15.5 Å². The molecule has 1 atom stereocenters. The van der Waals surface area contributed by atoms with Gasteiger partial charge in [-0.2, -0.15) is 4.52 Å². The normalized spacial score (nSPS) is 16.0. The molecule has 0 spiro atoms.